The van der Waals surface area contributed by atoms with Gasteiger partial charge in [-0.05, 0) is 47.7 Å². The van der Waals surface area contributed by atoms with E-state index >= 15 is 0 Å². The van der Waals surface area contributed by atoms with E-state index in [2.05, 4.69) is 20.3 Å². The molecule has 1 aliphatic heterocycles. The molecule has 3 rings (SSSR count). The number of amidine groups is 1. The van der Waals surface area contributed by atoms with Gasteiger partial charge in [-0.3, -0.25) is 10.1 Å². The van der Waals surface area contributed by atoms with E-state index in [1.807, 2.05) is 0 Å². The maximum absolute atomic E-state index is 13.0. The highest BCUT2D eigenvalue weighted by molar-refractivity contribution is 8.18. The quantitative estimate of drug-likeness (QED) is 0.316. The van der Waals surface area contributed by atoms with Crippen LogP contribution in [0.1, 0.15) is 11.1 Å². The van der Waals surface area contributed by atoms with E-state index in [0.717, 1.165) is 23.4 Å². The van der Waals surface area contributed by atoms with Crippen molar-refractivity contribution in [2.45, 2.75) is 6.61 Å². The molecule has 2 aromatic carbocycles. The Hall–Kier alpha value is -3.17. The average Bonchev–Trinajstić information content (AvgIpc) is 3.07. The number of rotatable bonds is 6. The highest BCUT2D eigenvalue weighted by Crippen LogP contribution is 2.25. The second-order valence-corrected chi connectivity index (χ2v) is 7.30. The fraction of sp³-hybridized carbons (Fsp3) is 0.100. The fourth-order valence-corrected chi connectivity index (χ4v) is 3.20. The fourth-order valence-electron chi connectivity index (χ4n) is 2.28. The Balaban J connectivity index is 1.70. The lowest BCUT2D eigenvalue weighted by Crippen LogP contribution is -2.19. The number of hydrogen-bond acceptors (Lipinski definition) is 7. The lowest BCUT2D eigenvalue weighted by Gasteiger charge is -2.09. The molecule has 1 fully saturated rings. The normalized spacial score (nSPS) is 16.3. The van der Waals surface area contributed by atoms with Gasteiger partial charge in [0.15, 0.2) is 5.17 Å². The van der Waals surface area contributed by atoms with Crippen LogP contribution in [0.3, 0.4) is 0 Å². The van der Waals surface area contributed by atoms with Gasteiger partial charge in [0, 0.05) is 16.7 Å². The summed E-state index contributed by atoms with van der Waals surface area (Å²) in [6.45, 7) is 0.227. The summed E-state index contributed by atoms with van der Waals surface area (Å²) in [5.41, 5.74) is 1.36. The minimum Gasteiger partial charge on any atom is -0.488 e. The van der Waals surface area contributed by atoms with Gasteiger partial charge in [0.05, 0.1) is 18.2 Å². The molecule has 1 saturated heterocycles. The monoisotopic (exact) mass is 447 g/mol. The average molecular weight is 448 g/mol. The number of hydrogen-bond donors (Lipinski definition) is 1. The molecule has 1 N–H and O–H groups in total. The molecule has 0 atom stereocenters. The van der Waals surface area contributed by atoms with Crippen molar-refractivity contribution in [2.24, 2.45) is 10.2 Å². The second-order valence-electron chi connectivity index (χ2n) is 5.83. The summed E-state index contributed by atoms with van der Waals surface area (Å²) >= 11 is 7.01. The second kappa shape index (κ2) is 10.0. The van der Waals surface area contributed by atoms with Crippen LogP contribution < -0.4 is 10.1 Å². The SMILES string of the molecule is COC(=O)/C=C1/S/C(=N\N=Cc2cc(Cl)ccc2OCc2ccc(F)cc2)NC1=O. The van der Waals surface area contributed by atoms with Gasteiger partial charge >= 0.3 is 5.97 Å². The summed E-state index contributed by atoms with van der Waals surface area (Å²) < 4.78 is 23.3. The molecular weight excluding hydrogens is 433 g/mol. The lowest BCUT2D eigenvalue weighted by molar-refractivity contribution is -0.135. The zero-order valence-electron chi connectivity index (χ0n) is 15.6. The number of amides is 1. The molecule has 0 radical (unpaired) electrons. The molecule has 0 bridgehead atoms. The number of benzene rings is 2. The molecule has 1 aliphatic rings. The van der Waals surface area contributed by atoms with Crippen molar-refractivity contribution in [1.82, 2.24) is 5.32 Å². The molecule has 1 amide bonds. The van der Waals surface area contributed by atoms with Crippen molar-refractivity contribution in [3.63, 3.8) is 0 Å². The molecule has 0 aliphatic carbocycles. The van der Waals surface area contributed by atoms with Gasteiger partial charge in [-0.1, -0.05) is 23.7 Å². The molecule has 2 aromatic rings. The van der Waals surface area contributed by atoms with E-state index in [1.54, 1.807) is 30.3 Å². The predicted molar refractivity (Wildman–Crippen MR) is 113 cm³/mol. The van der Waals surface area contributed by atoms with Crippen molar-refractivity contribution in [2.75, 3.05) is 7.11 Å². The first-order valence-electron chi connectivity index (χ1n) is 8.51. The summed E-state index contributed by atoms with van der Waals surface area (Å²) in [5.74, 6) is -0.926. The molecule has 0 spiro atoms. The first-order chi connectivity index (χ1) is 14.4. The Morgan fingerprint density at radius 2 is 2.03 bits per heavy atom. The van der Waals surface area contributed by atoms with E-state index < -0.39 is 11.9 Å². The van der Waals surface area contributed by atoms with Gasteiger partial charge in [0.2, 0.25) is 0 Å². The number of methoxy groups -OCH3 is 1. The summed E-state index contributed by atoms with van der Waals surface area (Å²) in [4.78, 5) is 23.2. The number of carbonyl (C=O) groups is 2. The van der Waals surface area contributed by atoms with Crippen molar-refractivity contribution in [1.29, 1.82) is 0 Å². The zero-order chi connectivity index (χ0) is 21.5. The van der Waals surface area contributed by atoms with Gasteiger partial charge < -0.3 is 9.47 Å². The van der Waals surface area contributed by atoms with Crippen molar-refractivity contribution < 1.29 is 23.5 Å². The van der Waals surface area contributed by atoms with E-state index in [9.17, 15) is 14.0 Å². The maximum atomic E-state index is 13.0. The molecule has 154 valence electrons. The van der Waals surface area contributed by atoms with E-state index in [0.29, 0.717) is 16.3 Å². The zero-order valence-corrected chi connectivity index (χ0v) is 17.2. The minimum absolute atomic E-state index is 0.155. The Labute approximate surface area is 180 Å². The number of ether oxygens (including phenoxy) is 2. The Kier molecular flexibility index (Phi) is 7.21. The topological polar surface area (TPSA) is 89.3 Å². The third-order valence-corrected chi connectivity index (χ3v) is 4.86. The van der Waals surface area contributed by atoms with Crippen LogP contribution in [0.4, 0.5) is 4.39 Å². The molecule has 7 nitrogen and oxygen atoms in total. The standard InChI is InChI=1S/C20H15ClFN3O4S/c1-28-18(26)9-17-19(27)24-20(30-17)25-23-10-13-8-14(21)4-7-16(13)29-11-12-2-5-15(22)6-3-12/h2-10H,11H2,1H3,(H,24,25,27)/b17-9+,23-10?. The van der Waals surface area contributed by atoms with Gasteiger partial charge in [0.25, 0.3) is 5.91 Å². The van der Waals surface area contributed by atoms with Crippen LogP contribution in [-0.2, 0) is 20.9 Å². The van der Waals surface area contributed by atoms with Crippen LogP contribution in [0.5, 0.6) is 5.75 Å². The predicted octanol–water partition coefficient (Wildman–Crippen LogP) is 3.67. The van der Waals surface area contributed by atoms with Crippen molar-refractivity contribution in [3.05, 3.63) is 75.4 Å². The van der Waals surface area contributed by atoms with Gasteiger partial charge in [-0.2, -0.15) is 5.10 Å². The highest BCUT2D eigenvalue weighted by atomic mass is 35.5. The molecule has 0 saturated carbocycles. The third kappa shape index (κ3) is 5.91. The molecule has 0 unspecified atom stereocenters. The molecule has 1 heterocycles. The summed E-state index contributed by atoms with van der Waals surface area (Å²) in [5, 5.41) is 11.1. The first kappa shape index (κ1) is 21.5. The van der Waals surface area contributed by atoms with E-state index in [-0.39, 0.29) is 22.5 Å². The van der Waals surface area contributed by atoms with Crippen LogP contribution in [0, 0.1) is 5.82 Å². The van der Waals surface area contributed by atoms with Crippen molar-refractivity contribution in [3.8, 4) is 5.75 Å². The van der Waals surface area contributed by atoms with E-state index in [1.165, 1.54) is 25.5 Å². The smallest absolute Gasteiger partial charge is 0.331 e. The summed E-state index contributed by atoms with van der Waals surface area (Å²) in [6, 6.07) is 11.0. The number of thioether (sulfide) groups is 1. The number of carbonyl (C=O) groups excluding carboxylic acids is 2. The summed E-state index contributed by atoms with van der Waals surface area (Å²) in [6.07, 6.45) is 2.50. The van der Waals surface area contributed by atoms with Crippen LogP contribution in [-0.4, -0.2) is 30.4 Å². The number of esters is 1. The Bertz CT molecular complexity index is 1050. The van der Waals surface area contributed by atoms with Crippen molar-refractivity contribution >= 4 is 46.6 Å². The molecule has 30 heavy (non-hydrogen) atoms. The first-order valence-corrected chi connectivity index (χ1v) is 9.70. The van der Waals surface area contributed by atoms with Crippen LogP contribution in [0.2, 0.25) is 5.02 Å². The van der Waals surface area contributed by atoms with Gasteiger partial charge in [-0.15, -0.1) is 5.10 Å². The highest BCUT2D eigenvalue weighted by Gasteiger charge is 2.25. The lowest BCUT2D eigenvalue weighted by atomic mass is 10.2. The van der Waals surface area contributed by atoms with Gasteiger partial charge in [-0.25, -0.2) is 9.18 Å². The third-order valence-electron chi connectivity index (χ3n) is 3.73. The number of halogens is 2. The Morgan fingerprint density at radius 3 is 2.77 bits per heavy atom. The van der Waals surface area contributed by atoms with E-state index in [4.69, 9.17) is 16.3 Å². The molecular formula is C20H15ClFN3O4S. The number of nitrogens with one attached hydrogen (secondary N) is 1. The Morgan fingerprint density at radius 1 is 1.27 bits per heavy atom. The largest absolute Gasteiger partial charge is 0.488 e. The minimum atomic E-state index is -0.640. The van der Waals surface area contributed by atoms with Crippen LogP contribution in [0.15, 0.2) is 63.6 Å². The van der Waals surface area contributed by atoms with Crippen LogP contribution >= 0.6 is 23.4 Å². The van der Waals surface area contributed by atoms with Crippen LogP contribution in [0.25, 0.3) is 0 Å². The van der Waals surface area contributed by atoms with Gasteiger partial charge in [0.1, 0.15) is 18.2 Å². The summed E-state index contributed by atoms with van der Waals surface area (Å²) in [7, 11) is 1.22. The molecule has 10 heteroatoms. The number of nitrogens with zero attached hydrogens (tertiary/aromatic N) is 2. The maximum Gasteiger partial charge on any atom is 0.331 e. The molecule has 0 aromatic heterocycles.